The summed E-state index contributed by atoms with van der Waals surface area (Å²) in [4.78, 5) is 50.3. The average Bonchev–Trinajstić information content (AvgIpc) is 2.93. The molecule has 0 spiro atoms. The van der Waals surface area contributed by atoms with E-state index in [0.29, 0.717) is 6.42 Å². The molecule has 0 fully saturated rings. The molecule has 9 heteroatoms. The molecule has 9 nitrogen and oxygen atoms in total. The molecule has 2 aromatic rings. The molecule has 41 heavy (non-hydrogen) atoms. The fourth-order valence-corrected chi connectivity index (χ4v) is 3.89. The lowest BCUT2D eigenvalue weighted by Crippen LogP contribution is -2.34. The first-order chi connectivity index (χ1) is 19.6. The van der Waals surface area contributed by atoms with Crippen LogP contribution in [-0.2, 0) is 56.1 Å². The van der Waals surface area contributed by atoms with Gasteiger partial charge in [-0.3, -0.25) is 19.2 Å². The van der Waals surface area contributed by atoms with Gasteiger partial charge in [-0.2, -0.15) is 0 Å². The Balaban J connectivity index is 1.68. The maximum atomic E-state index is 12.7. The maximum absolute atomic E-state index is 12.7. The molecule has 224 valence electrons. The van der Waals surface area contributed by atoms with E-state index in [1.54, 1.807) is 34.6 Å². The minimum atomic E-state index is -1.04. The number of rotatable bonds is 17. The van der Waals surface area contributed by atoms with Crippen molar-refractivity contribution in [2.45, 2.75) is 60.4 Å². The van der Waals surface area contributed by atoms with Gasteiger partial charge in [0.15, 0.2) is 11.8 Å². The Morgan fingerprint density at radius 2 is 1.00 bits per heavy atom. The summed E-state index contributed by atoms with van der Waals surface area (Å²) in [5.74, 6) is -5.22. The molecular weight excluding hydrogens is 528 g/mol. The molecule has 2 aromatic carbocycles. The molecule has 3 atom stereocenters. The third-order valence-electron chi connectivity index (χ3n) is 6.25. The first kappa shape index (κ1) is 33.5. The van der Waals surface area contributed by atoms with Gasteiger partial charge in [0.2, 0.25) is 0 Å². The lowest BCUT2D eigenvalue weighted by atomic mass is 9.96. The number of hydrogen-bond donors (Lipinski definition) is 0. The zero-order valence-electron chi connectivity index (χ0n) is 24.6. The van der Waals surface area contributed by atoms with Crippen molar-refractivity contribution in [3.05, 3.63) is 71.8 Å². The summed E-state index contributed by atoms with van der Waals surface area (Å²) < 4.78 is 26.9. The lowest BCUT2D eigenvalue weighted by molar-refractivity contribution is -0.170. The van der Waals surface area contributed by atoms with Crippen LogP contribution in [0.5, 0.6) is 0 Å². The molecule has 0 aliphatic rings. The van der Waals surface area contributed by atoms with Crippen molar-refractivity contribution in [1.82, 2.24) is 0 Å². The third-order valence-corrected chi connectivity index (χ3v) is 6.25. The molecule has 3 unspecified atom stereocenters. The largest absolute Gasteiger partial charge is 0.463 e. The van der Waals surface area contributed by atoms with Gasteiger partial charge in [-0.25, -0.2) is 0 Å². The molecule has 0 saturated carbocycles. The zero-order chi connectivity index (χ0) is 30.2. The van der Waals surface area contributed by atoms with E-state index in [0.717, 1.165) is 11.1 Å². The van der Waals surface area contributed by atoms with Crippen LogP contribution in [0.1, 0.15) is 52.2 Å². The van der Waals surface area contributed by atoms with Gasteiger partial charge in [0.25, 0.3) is 0 Å². The molecule has 2 rings (SSSR count). The van der Waals surface area contributed by atoms with Gasteiger partial charge in [0.05, 0.1) is 13.2 Å². The van der Waals surface area contributed by atoms with Crippen molar-refractivity contribution in [3.8, 4) is 0 Å². The van der Waals surface area contributed by atoms with E-state index in [-0.39, 0.29) is 44.9 Å². The molecule has 0 aromatic heterocycles. The average molecular weight is 571 g/mol. The molecule has 0 radical (unpaired) electrons. The van der Waals surface area contributed by atoms with Gasteiger partial charge < -0.3 is 23.7 Å². The quantitative estimate of drug-likeness (QED) is 0.113. The second-order valence-electron chi connectivity index (χ2n) is 10.4. The monoisotopic (exact) mass is 570 g/mol. The highest BCUT2D eigenvalue weighted by atomic mass is 16.6. The summed E-state index contributed by atoms with van der Waals surface area (Å²) in [7, 11) is 0. The Labute approximate surface area is 242 Å². The van der Waals surface area contributed by atoms with Crippen molar-refractivity contribution in [1.29, 1.82) is 0 Å². The summed E-state index contributed by atoms with van der Waals surface area (Å²) in [5.41, 5.74) is 1.66. The van der Waals surface area contributed by atoms with E-state index in [9.17, 15) is 19.2 Å². The second kappa shape index (κ2) is 17.9. The molecule has 0 aliphatic heterocycles. The van der Waals surface area contributed by atoms with E-state index >= 15 is 0 Å². The summed E-state index contributed by atoms with van der Waals surface area (Å²) in [5, 5.41) is 0. The predicted octanol–water partition coefficient (Wildman–Crippen LogP) is 4.90. The number of carbonyl (C=O) groups excluding carboxylic acids is 4. The Kier molecular flexibility index (Phi) is 14.6. The Morgan fingerprint density at radius 1 is 0.561 bits per heavy atom. The van der Waals surface area contributed by atoms with E-state index in [2.05, 4.69) is 0 Å². The molecule has 0 heterocycles. The molecule has 0 amide bonds. The van der Waals surface area contributed by atoms with Crippen molar-refractivity contribution < 1.29 is 42.9 Å². The smallest absolute Gasteiger partial charge is 0.320 e. The van der Waals surface area contributed by atoms with Gasteiger partial charge in [0.1, 0.15) is 25.9 Å². The maximum Gasteiger partial charge on any atom is 0.320 e. The topological polar surface area (TPSA) is 114 Å². The van der Waals surface area contributed by atoms with Crippen LogP contribution in [-0.4, -0.2) is 49.8 Å². The number of hydrogen-bond acceptors (Lipinski definition) is 9. The van der Waals surface area contributed by atoms with Crippen molar-refractivity contribution in [2.24, 2.45) is 23.7 Å². The minimum absolute atomic E-state index is 0.0368. The highest BCUT2D eigenvalue weighted by Crippen LogP contribution is 2.18. The van der Waals surface area contributed by atoms with Crippen LogP contribution in [0, 0.1) is 23.7 Å². The standard InChI is InChI=1S/C32H42O9/c1-22(2)27(30(34)39-20-25-12-8-6-9-13-25)29(33)38-19-18-37-17-16-24(5)41-32(36)28(23(3)4)31(35)40-21-26-14-10-7-11-15-26/h6-15,22-24,27-28H,16-21H2,1-5H3. The van der Waals surface area contributed by atoms with Crippen LogP contribution in [0.2, 0.25) is 0 Å². The van der Waals surface area contributed by atoms with Gasteiger partial charge in [-0.05, 0) is 29.9 Å². The first-order valence-corrected chi connectivity index (χ1v) is 14.0. The van der Waals surface area contributed by atoms with E-state index in [4.69, 9.17) is 23.7 Å². The van der Waals surface area contributed by atoms with Gasteiger partial charge in [-0.1, -0.05) is 88.4 Å². The van der Waals surface area contributed by atoms with Gasteiger partial charge >= 0.3 is 23.9 Å². The summed E-state index contributed by atoms with van der Waals surface area (Å²) in [6.07, 6.45) is -0.123. The van der Waals surface area contributed by atoms with Crippen LogP contribution in [0.15, 0.2) is 60.7 Å². The highest BCUT2D eigenvalue weighted by molar-refractivity contribution is 5.95. The van der Waals surface area contributed by atoms with Crippen molar-refractivity contribution in [2.75, 3.05) is 19.8 Å². The highest BCUT2D eigenvalue weighted by Gasteiger charge is 2.34. The molecule has 0 N–H and O–H groups in total. The number of ether oxygens (including phenoxy) is 5. The normalized spacial score (nSPS) is 13.2. The van der Waals surface area contributed by atoms with Crippen LogP contribution in [0.3, 0.4) is 0 Å². The van der Waals surface area contributed by atoms with E-state index in [1.807, 2.05) is 60.7 Å². The van der Waals surface area contributed by atoms with Crippen LogP contribution >= 0.6 is 0 Å². The number of esters is 4. The molecular formula is C32H42O9. The SMILES string of the molecule is CC(CCOCCOC(=O)C(C(=O)OCc1ccccc1)C(C)C)OC(=O)C(C(=O)OCc1ccccc1)C(C)C. The summed E-state index contributed by atoms with van der Waals surface area (Å²) in [6, 6.07) is 18.4. The third kappa shape index (κ3) is 12.1. The minimum Gasteiger partial charge on any atom is -0.463 e. The van der Waals surface area contributed by atoms with Crippen LogP contribution in [0.4, 0.5) is 0 Å². The second-order valence-corrected chi connectivity index (χ2v) is 10.4. The lowest BCUT2D eigenvalue weighted by Gasteiger charge is -2.21. The first-order valence-electron chi connectivity index (χ1n) is 14.0. The fraction of sp³-hybridized carbons (Fsp3) is 0.500. The number of benzene rings is 2. The molecule has 0 aliphatic carbocycles. The zero-order valence-corrected chi connectivity index (χ0v) is 24.6. The van der Waals surface area contributed by atoms with Gasteiger partial charge in [0, 0.05) is 6.42 Å². The van der Waals surface area contributed by atoms with Gasteiger partial charge in [-0.15, -0.1) is 0 Å². The van der Waals surface area contributed by atoms with Crippen LogP contribution < -0.4 is 0 Å². The molecule has 0 saturated heterocycles. The number of carbonyl (C=O) groups is 4. The Hall–Kier alpha value is -3.72. The Morgan fingerprint density at radius 3 is 1.46 bits per heavy atom. The summed E-state index contributed by atoms with van der Waals surface area (Å²) >= 11 is 0. The fourth-order valence-electron chi connectivity index (χ4n) is 3.89. The molecule has 0 bridgehead atoms. The summed E-state index contributed by atoms with van der Waals surface area (Å²) in [6.45, 7) is 9.21. The Bertz CT molecular complexity index is 1080. The van der Waals surface area contributed by atoms with Crippen molar-refractivity contribution >= 4 is 23.9 Å². The van der Waals surface area contributed by atoms with E-state index < -0.39 is 41.8 Å². The van der Waals surface area contributed by atoms with Crippen LogP contribution in [0.25, 0.3) is 0 Å². The van der Waals surface area contributed by atoms with E-state index in [1.165, 1.54) is 0 Å². The predicted molar refractivity (Wildman–Crippen MR) is 151 cm³/mol. The van der Waals surface area contributed by atoms with Crippen molar-refractivity contribution in [3.63, 3.8) is 0 Å².